The number of sulfonamides is 1. The van der Waals surface area contributed by atoms with E-state index in [1.54, 1.807) is 42.9 Å². The zero-order valence-electron chi connectivity index (χ0n) is 12.2. The van der Waals surface area contributed by atoms with Crippen molar-refractivity contribution in [3.8, 4) is 0 Å². The smallest absolute Gasteiger partial charge is 0.263 e. The molecular formula is C14H18BrN3O2S. The number of hydrogen-bond acceptors (Lipinski definition) is 3. The van der Waals surface area contributed by atoms with Gasteiger partial charge in [-0.3, -0.25) is 4.72 Å². The summed E-state index contributed by atoms with van der Waals surface area (Å²) in [6.45, 7) is 6.26. The highest BCUT2D eigenvalue weighted by Crippen LogP contribution is 2.26. The second-order valence-corrected chi connectivity index (χ2v) is 7.45. The first-order chi connectivity index (χ1) is 9.85. The van der Waals surface area contributed by atoms with Crippen LogP contribution in [-0.4, -0.2) is 18.2 Å². The lowest BCUT2D eigenvalue weighted by atomic mass is 10.2. The van der Waals surface area contributed by atoms with E-state index in [0.717, 1.165) is 10.9 Å². The molecule has 0 amide bonds. The Hall–Kier alpha value is -1.34. The fraction of sp³-hybridized carbons (Fsp3) is 0.357. The maximum atomic E-state index is 12.6. The molecule has 1 heterocycles. The molecule has 0 spiro atoms. The van der Waals surface area contributed by atoms with Gasteiger partial charge in [0.25, 0.3) is 10.0 Å². The van der Waals surface area contributed by atoms with Crippen LogP contribution < -0.4 is 4.72 Å². The predicted molar refractivity (Wildman–Crippen MR) is 86.9 cm³/mol. The topological polar surface area (TPSA) is 64.0 Å². The lowest BCUT2D eigenvalue weighted by Gasteiger charge is -2.14. The van der Waals surface area contributed by atoms with Crippen LogP contribution in [0.25, 0.3) is 0 Å². The molecule has 0 unspecified atom stereocenters. The Morgan fingerprint density at radius 3 is 2.48 bits per heavy atom. The Labute approximate surface area is 133 Å². The van der Waals surface area contributed by atoms with Crippen molar-refractivity contribution >= 4 is 31.8 Å². The lowest BCUT2D eigenvalue weighted by Crippen LogP contribution is -2.18. The van der Waals surface area contributed by atoms with Gasteiger partial charge in [0.15, 0.2) is 0 Å². The number of aromatic nitrogens is 2. The minimum atomic E-state index is -3.63. The third-order valence-electron chi connectivity index (χ3n) is 3.08. The van der Waals surface area contributed by atoms with Gasteiger partial charge in [-0.1, -0.05) is 22.9 Å². The fourth-order valence-corrected chi connectivity index (χ4v) is 4.52. The highest BCUT2D eigenvalue weighted by atomic mass is 79.9. The Kier molecular flexibility index (Phi) is 4.73. The molecule has 0 fully saturated rings. The summed E-state index contributed by atoms with van der Waals surface area (Å²) >= 11 is 3.38. The van der Waals surface area contributed by atoms with Crippen LogP contribution in [-0.2, 0) is 16.6 Å². The van der Waals surface area contributed by atoms with E-state index in [-0.39, 0.29) is 0 Å². The molecule has 0 aliphatic rings. The molecule has 1 aromatic heterocycles. The number of nitrogens with one attached hydrogen (secondary N) is 1. The molecule has 0 bridgehead atoms. The average Bonchev–Trinajstić information content (AvgIpc) is 2.74. The van der Waals surface area contributed by atoms with Crippen molar-refractivity contribution in [1.29, 1.82) is 0 Å². The second kappa shape index (κ2) is 6.19. The van der Waals surface area contributed by atoms with Gasteiger partial charge in [-0.15, -0.1) is 0 Å². The molecule has 21 heavy (non-hydrogen) atoms. The van der Waals surface area contributed by atoms with Gasteiger partial charge in [0.1, 0.15) is 5.82 Å². The van der Waals surface area contributed by atoms with Crippen molar-refractivity contribution in [2.75, 3.05) is 4.72 Å². The first-order valence-corrected chi connectivity index (χ1v) is 8.94. The van der Waals surface area contributed by atoms with Gasteiger partial charge in [-0.25, -0.2) is 13.1 Å². The molecule has 1 aromatic carbocycles. The summed E-state index contributed by atoms with van der Waals surface area (Å²) in [4.78, 5) is 0.315. The van der Waals surface area contributed by atoms with E-state index in [4.69, 9.17) is 0 Å². The van der Waals surface area contributed by atoms with Gasteiger partial charge < -0.3 is 0 Å². The van der Waals surface area contributed by atoms with Crippen molar-refractivity contribution in [3.63, 3.8) is 0 Å². The third kappa shape index (κ3) is 3.47. The quantitative estimate of drug-likeness (QED) is 0.874. The average molecular weight is 372 g/mol. The number of rotatable bonds is 5. The highest BCUT2D eigenvalue weighted by Gasteiger charge is 2.21. The van der Waals surface area contributed by atoms with Crippen molar-refractivity contribution in [3.05, 3.63) is 40.0 Å². The fourth-order valence-electron chi connectivity index (χ4n) is 2.32. The van der Waals surface area contributed by atoms with Crippen LogP contribution in [0, 0.1) is 13.8 Å². The molecular weight excluding hydrogens is 354 g/mol. The molecule has 0 radical (unpaired) electrons. The van der Waals surface area contributed by atoms with Crippen LogP contribution in [0.3, 0.4) is 0 Å². The lowest BCUT2D eigenvalue weighted by molar-refractivity contribution is 0.592. The van der Waals surface area contributed by atoms with E-state index in [0.29, 0.717) is 28.4 Å². The number of hydrogen-bond donors (Lipinski definition) is 1. The summed E-state index contributed by atoms with van der Waals surface area (Å²) in [5, 5.41) is 4.12. The largest absolute Gasteiger partial charge is 0.264 e. The normalized spacial score (nSPS) is 11.6. The van der Waals surface area contributed by atoms with Gasteiger partial charge in [0.05, 0.1) is 11.1 Å². The molecule has 5 nitrogen and oxygen atoms in total. The van der Waals surface area contributed by atoms with Crippen LogP contribution in [0.1, 0.15) is 24.5 Å². The number of halogens is 1. The van der Waals surface area contributed by atoms with E-state index in [9.17, 15) is 8.42 Å². The zero-order valence-corrected chi connectivity index (χ0v) is 14.6. The number of anilines is 1. The molecule has 2 rings (SSSR count). The summed E-state index contributed by atoms with van der Waals surface area (Å²) in [7, 11) is -3.63. The van der Waals surface area contributed by atoms with Crippen LogP contribution >= 0.6 is 15.9 Å². The monoisotopic (exact) mass is 371 g/mol. The Morgan fingerprint density at radius 1 is 1.29 bits per heavy atom. The molecule has 2 aromatic rings. The first-order valence-electron chi connectivity index (χ1n) is 6.66. The zero-order chi connectivity index (χ0) is 15.6. The minimum absolute atomic E-state index is 0.315. The molecule has 0 saturated heterocycles. The number of nitrogens with zero attached hydrogens (tertiary/aromatic N) is 2. The van der Waals surface area contributed by atoms with Crippen LogP contribution in [0.5, 0.6) is 0 Å². The number of benzene rings is 1. The van der Waals surface area contributed by atoms with Crippen molar-refractivity contribution in [2.24, 2.45) is 0 Å². The predicted octanol–water partition coefficient (Wildman–Crippen LogP) is 3.47. The second-order valence-electron chi connectivity index (χ2n) is 4.91. The molecule has 1 N–H and O–H groups in total. The van der Waals surface area contributed by atoms with E-state index >= 15 is 0 Å². The molecule has 0 saturated carbocycles. The SMILES string of the molecule is CCCn1nccc1NS(=O)(=O)c1c(C)cc(Br)cc1C. The highest BCUT2D eigenvalue weighted by molar-refractivity contribution is 9.10. The van der Waals surface area contributed by atoms with E-state index < -0.39 is 10.0 Å². The first kappa shape index (κ1) is 16.0. The minimum Gasteiger partial charge on any atom is -0.264 e. The van der Waals surface area contributed by atoms with Crippen molar-refractivity contribution in [1.82, 2.24) is 9.78 Å². The Morgan fingerprint density at radius 2 is 1.90 bits per heavy atom. The van der Waals surface area contributed by atoms with Gasteiger partial charge in [-0.2, -0.15) is 5.10 Å². The molecule has 0 aliphatic carbocycles. The van der Waals surface area contributed by atoms with Crippen LogP contribution in [0.2, 0.25) is 0 Å². The maximum absolute atomic E-state index is 12.6. The van der Waals surface area contributed by atoms with E-state index in [1.807, 2.05) is 6.92 Å². The van der Waals surface area contributed by atoms with Crippen molar-refractivity contribution < 1.29 is 8.42 Å². The van der Waals surface area contributed by atoms with Crippen molar-refractivity contribution in [2.45, 2.75) is 38.6 Å². The van der Waals surface area contributed by atoms with Gasteiger partial charge in [0, 0.05) is 17.1 Å². The standard InChI is InChI=1S/C14H18BrN3O2S/c1-4-7-18-13(5-6-16-18)17-21(19,20)14-10(2)8-12(15)9-11(14)3/h5-6,8-9,17H,4,7H2,1-3H3. The third-order valence-corrected chi connectivity index (χ3v) is 5.20. The van der Waals surface area contributed by atoms with Gasteiger partial charge in [0.2, 0.25) is 0 Å². The Bertz CT molecular complexity index is 730. The van der Waals surface area contributed by atoms with Gasteiger partial charge >= 0.3 is 0 Å². The Balaban J connectivity index is 2.41. The summed E-state index contributed by atoms with van der Waals surface area (Å²) in [5.41, 5.74) is 1.41. The van der Waals surface area contributed by atoms with Gasteiger partial charge in [-0.05, 0) is 43.5 Å². The summed E-state index contributed by atoms with van der Waals surface area (Å²) in [5.74, 6) is 0.485. The molecule has 0 atom stereocenters. The molecule has 114 valence electrons. The molecule has 7 heteroatoms. The van der Waals surface area contributed by atoms with Crippen LogP contribution in [0.15, 0.2) is 33.8 Å². The summed E-state index contributed by atoms with van der Waals surface area (Å²) in [6.07, 6.45) is 2.47. The maximum Gasteiger partial charge on any atom is 0.263 e. The number of aryl methyl sites for hydroxylation is 3. The summed E-state index contributed by atoms with van der Waals surface area (Å²) in [6, 6.07) is 5.26. The molecule has 0 aliphatic heterocycles. The van der Waals surface area contributed by atoms with Crippen LogP contribution in [0.4, 0.5) is 5.82 Å². The van der Waals surface area contributed by atoms with E-state index in [2.05, 4.69) is 25.8 Å². The van der Waals surface area contributed by atoms with E-state index in [1.165, 1.54) is 0 Å². The summed E-state index contributed by atoms with van der Waals surface area (Å²) < 4.78 is 30.4.